The molecule has 0 aliphatic carbocycles. The second kappa shape index (κ2) is 9.67. The Labute approximate surface area is 162 Å². The Morgan fingerprint density at radius 3 is 2.04 bits per heavy atom. The Balaban J connectivity index is 1.60. The molecule has 1 atom stereocenters. The van der Waals surface area contributed by atoms with Crippen LogP contribution in [0.15, 0.2) is 48.5 Å². The zero-order chi connectivity index (χ0) is 19.1. The van der Waals surface area contributed by atoms with Crippen LogP contribution in [0, 0.1) is 5.82 Å². The lowest BCUT2D eigenvalue weighted by Crippen LogP contribution is -2.50. The quantitative estimate of drug-likeness (QED) is 0.656. The number of piperazine rings is 1. The van der Waals surface area contributed by atoms with Gasteiger partial charge in [0.15, 0.2) is 6.23 Å². The van der Waals surface area contributed by atoms with Crippen LogP contribution in [0.5, 0.6) is 5.75 Å². The molecule has 2 aromatic carbocycles. The second-order valence-corrected chi connectivity index (χ2v) is 7.15. The molecular formula is C23H29FN2O. The SMILES string of the molecule is CCCC(Oc1ccc(/C=C/c2ccc(F)cc2)cc1)N1CCN(C)CC1. The molecule has 1 saturated heterocycles. The molecule has 27 heavy (non-hydrogen) atoms. The van der Waals surface area contributed by atoms with Crippen molar-refractivity contribution >= 4 is 12.2 Å². The van der Waals surface area contributed by atoms with Crippen molar-refractivity contribution in [3.05, 3.63) is 65.5 Å². The van der Waals surface area contributed by atoms with Crippen molar-refractivity contribution in [1.29, 1.82) is 0 Å². The van der Waals surface area contributed by atoms with Gasteiger partial charge in [0, 0.05) is 26.2 Å². The molecule has 0 aromatic heterocycles. The first-order valence-electron chi connectivity index (χ1n) is 9.77. The molecule has 0 amide bonds. The summed E-state index contributed by atoms with van der Waals surface area (Å²) >= 11 is 0. The molecule has 3 rings (SSSR count). The van der Waals surface area contributed by atoms with Crippen molar-refractivity contribution < 1.29 is 9.13 Å². The lowest BCUT2D eigenvalue weighted by atomic mass is 10.1. The van der Waals surface area contributed by atoms with Gasteiger partial charge in [0.25, 0.3) is 0 Å². The summed E-state index contributed by atoms with van der Waals surface area (Å²) in [5.41, 5.74) is 2.08. The normalized spacial score (nSPS) is 17.3. The molecule has 144 valence electrons. The predicted molar refractivity (Wildman–Crippen MR) is 110 cm³/mol. The standard InChI is InChI=1S/C23H29FN2O/c1-3-4-23(26-17-15-25(2)16-18-26)27-22-13-9-20(10-14-22)6-5-19-7-11-21(24)12-8-19/h5-14,23H,3-4,15-18H2,1-2H3/b6-5+. The predicted octanol–water partition coefficient (Wildman–Crippen LogP) is 4.75. The summed E-state index contributed by atoms with van der Waals surface area (Å²) in [6.45, 7) is 6.50. The minimum absolute atomic E-state index is 0.143. The minimum atomic E-state index is -0.212. The summed E-state index contributed by atoms with van der Waals surface area (Å²) in [6, 6.07) is 14.7. The van der Waals surface area contributed by atoms with Crippen molar-refractivity contribution in [3.8, 4) is 5.75 Å². The molecule has 1 fully saturated rings. The monoisotopic (exact) mass is 368 g/mol. The summed E-state index contributed by atoms with van der Waals surface area (Å²) in [5, 5.41) is 0. The van der Waals surface area contributed by atoms with Crippen molar-refractivity contribution in [1.82, 2.24) is 9.80 Å². The Hall–Kier alpha value is -2.17. The number of ether oxygens (including phenoxy) is 1. The molecule has 0 bridgehead atoms. The van der Waals surface area contributed by atoms with Crippen LogP contribution in [0.2, 0.25) is 0 Å². The number of likely N-dealkylation sites (N-methyl/N-ethyl adjacent to an activating group) is 1. The van der Waals surface area contributed by atoms with Crippen LogP contribution >= 0.6 is 0 Å². The van der Waals surface area contributed by atoms with Gasteiger partial charge in [0.2, 0.25) is 0 Å². The van der Waals surface area contributed by atoms with Gasteiger partial charge in [-0.05, 0) is 48.9 Å². The number of nitrogens with zero attached hydrogens (tertiary/aromatic N) is 2. The summed E-state index contributed by atoms with van der Waals surface area (Å²) in [6.07, 6.45) is 6.30. The highest BCUT2D eigenvalue weighted by molar-refractivity contribution is 5.69. The maximum absolute atomic E-state index is 13.0. The Morgan fingerprint density at radius 1 is 0.926 bits per heavy atom. The molecule has 1 aliphatic heterocycles. The molecule has 0 radical (unpaired) electrons. The lowest BCUT2D eigenvalue weighted by Gasteiger charge is -2.37. The number of hydrogen-bond acceptors (Lipinski definition) is 3. The first-order chi connectivity index (χ1) is 13.1. The average molecular weight is 368 g/mol. The molecule has 4 heteroatoms. The Morgan fingerprint density at radius 2 is 1.48 bits per heavy atom. The van der Waals surface area contributed by atoms with Crippen molar-refractivity contribution in [2.75, 3.05) is 33.2 Å². The van der Waals surface area contributed by atoms with E-state index in [0.717, 1.165) is 55.9 Å². The van der Waals surface area contributed by atoms with E-state index in [-0.39, 0.29) is 12.0 Å². The largest absolute Gasteiger partial charge is 0.475 e. The van der Waals surface area contributed by atoms with Crippen LogP contribution in [0.3, 0.4) is 0 Å². The third-order valence-corrected chi connectivity index (χ3v) is 4.97. The number of hydrogen-bond donors (Lipinski definition) is 0. The van der Waals surface area contributed by atoms with E-state index in [1.165, 1.54) is 12.1 Å². The second-order valence-electron chi connectivity index (χ2n) is 7.15. The van der Waals surface area contributed by atoms with Gasteiger partial charge >= 0.3 is 0 Å². The number of benzene rings is 2. The summed E-state index contributed by atoms with van der Waals surface area (Å²) in [7, 11) is 2.17. The van der Waals surface area contributed by atoms with Crippen molar-refractivity contribution in [2.45, 2.75) is 26.0 Å². The fourth-order valence-corrected chi connectivity index (χ4v) is 3.25. The summed E-state index contributed by atoms with van der Waals surface area (Å²) < 4.78 is 19.3. The average Bonchev–Trinajstić information content (AvgIpc) is 2.69. The Kier molecular flexibility index (Phi) is 7.02. The fourth-order valence-electron chi connectivity index (χ4n) is 3.25. The van der Waals surface area contributed by atoms with Crippen LogP contribution < -0.4 is 4.74 Å². The molecule has 0 spiro atoms. The number of rotatable bonds is 7. The van der Waals surface area contributed by atoms with Crippen LogP contribution in [-0.4, -0.2) is 49.3 Å². The Bertz CT molecular complexity index is 719. The first kappa shape index (κ1) is 19.6. The molecule has 3 nitrogen and oxygen atoms in total. The van der Waals surface area contributed by atoms with Gasteiger partial charge in [-0.1, -0.05) is 49.8 Å². The molecular weight excluding hydrogens is 339 g/mol. The van der Waals surface area contributed by atoms with Crippen LogP contribution in [-0.2, 0) is 0 Å². The van der Waals surface area contributed by atoms with Gasteiger partial charge in [-0.25, -0.2) is 4.39 Å². The smallest absolute Gasteiger partial charge is 0.152 e. The molecule has 0 N–H and O–H groups in total. The molecule has 1 unspecified atom stereocenters. The summed E-state index contributed by atoms with van der Waals surface area (Å²) in [5.74, 6) is 0.696. The van der Waals surface area contributed by atoms with Gasteiger partial charge in [-0.3, -0.25) is 4.90 Å². The van der Waals surface area contributed by atoms with Gasteiger partial charge < -0.3 is 9.64 Å². The van der Waals surface area contributed by atoms with E-state index in [2.05, 4.69) is 35.9 Å². The highest BCUT2D eigenvalue weighted by Gasteiger charge is 2.23. The van der Waals surface area contributed by atoms with Crippen molar-refractivity contribution in [2.24, 2.45) is 0 Å². The van der Waals surface area contributed by atoms with Crippen LogP contribution in [0.1, 0.15) is 30.9 Å². The van der Waals surface area contributed by atoms with E-state index in [9.17, 15) is 4.39 Å². The minimum Gasteiger partial charge on any atom is -0.475 e. The fraction of sp³-hybridized carbons (Fsp3) is 0.391. The highest BCUT2D eigenvalue weighted by atomic mass is 19.1. The third-order valence-electron chi connectivity index (χ3n) is 4.97. The van der Waals surface area contributed by atoms with E-state index in [1.54, 1.807) is 12.1 Å². The van der Waals surface area contributed by atoms with E-state index in [1.807, 2.05) is 24.3 Å². The van der Waals surface area contributed by atoms with Gasteiger partial charge in [0.1, 0.15) is 11.6 Å². The van der Waals surface area contributed by atoms with Gasteiger partial charge in [-0.2, -0.15) is 0 Å². The summed E-state index contributed by atoms with van der Waals surface area (Å²) in [4.78, 5) is 4.81. The lowest BCUT2D eigenvalue weighted by molar-refractivity contribution is -0.00858. The topological polar surface area (TPSA) is 15.7 Å². The molecule has 1 aliphatic rings. The maximum Gasteiger partial charge on any atom is 0.152 e. The highest BCUT2D eigenvalue weighted by Crippen LogP contribution is 2.20. The third kappa shape index (κ3) is 5.91. The van der Waals surface area contributed by atoms with Crippen molar-refractivity contribution in [3.63, 3.8) is 0 Å². The van der Waals surface area contributed by atoms with E-state index in [0.29, 0.717) is 0 Å². The zero-order valence-electron chi connectivity index (χ0n) is 16.3. The molecule has 2 aromatic rings. The molecule has 1 heterocycles. The number of halogens is 1. The first-order valence-corrected chi connectivity index (χ1v) is 9.77. The van der Waals surface area contributed by atoms with Gasteiger partial charge in [0.05, 0.1) is 0 Å². The van der Waals surface area contributed by atoms with E-state index < -0.39 is 0 Å². The maximum atomic E-state index is 13.0. The van der Waals surface area contributed by atoms with Gasteiger partial charge in [-0.15, -0.1) is 0 Å². The zero-order valence-corrected chi connectivity index (χ0v) is 16.3. The van der Waals surface area contributed by atoms with E-state index in [4.69, 9.17) is 4.74 Å². The van der Waals surface area contributed by atoms with Crippen LogP contribution in [0.25, 0.3) is 12.2 Å². The molecule has 0 saturated carbocycles. The van der Waals surface area contributed by atoms with Crippen LogP contribution in [0.4, 0.5) is 4.39 Å². The van der Waals surface area contributed by atoms with E-state index >= 15 is 0 Å².